The number of hydrogen-bond acceptors (Lipinski definition) is 3. The average molecular weight is 282 g/mol. The van der Waals surface area contributed by atoms with E-state index in [0.717, 1.165) is 38.1 Å². The Morgan fingerprint density at radius 3 is 2.45 bits per heavy atom. The smallest absolute Gasteiger partial charge is 0.303 e. The molecule has 0 aromatic carbocycles. The van der Waals surface area contributed by atoms with Crippen molar-refractivity contribution >= 4 is 11.9 Å². The number of carbonyl (C=O) groups excluding carboxylic acids is 1. The largest absolute Gasteiger partial charge is 0.481 e. The van der Waals surface area contributed by atoms with Crippen LogP contribution >= 0.6 is 0 Å². The third-order valence-electron chi connectivity index (χ3n) is 4.52. The highest BCUT2D eigenvalue weighted by Gasteiger charge is 2.34. The molecule has 2 aliphatic rings. The molecule has 0 unspecified atom stereocenters. The number of aliphatic carboxylic acids is 1. The lowest BCUT2D eigenvalue weighted by molar-refractivity contribution is -0.140. The molecule has 2 rings (SSSR count). The van der Waals surface area contributed by atoms with Crippen molar-refractivity contribution in [2.45, 2.75) is 51.4 Å². The van der Waals surface area contributed by atoms with Crippen molar-refractivity contribution in [2.75, 3.05) is 19.6 Å². The quantitative estimate of drug-likeness (QED) is 0.631. The maximum absolute atomic E-state index is 11.8. The molecule has 2 aliphatic carbocycles. The van der Waals surface area contributed by atoms with Gasteiger partial charge in [0.05, 0.1) is 13.0 Å². The van der Waals surface area contributed by atoms with E-state index >= 15 is 0 Å². The van der Waals surface area contributed by atoms with Crippen molar-refractivity contribution in [1.29, 1.82) is 0 Å². The number of carboxylic acid groups (broad SMARTS) is 1. The van der Waals surface area contributed by atoms with Crippen molar-refractivity contribution in [3.05, 3.63) is 0 Å². The van der Waals surface area contributed by atoms with Gasteiger partial charge in [-0.3, -0.25) is 9.59 Å². The first-order valence-electron chi connectivity index (χ1n) is 7.79. The zero-order chi connectivity index (χ0) is 14.4. The van der Waals surface area contributed by atoms with Gasteiger partial charge in [0.15, 0.2) is 0 Å². The van der Waals surface area contributed by atoms with E-state index in [1.54, 1.807) is 0 Å². The molecule has 0 radical (unpaired) electrons. The summed E-state index contributed by atoms with van der Waals surface area (Å²) in [6.45, 7) is 1.77. The van der Waals surface area contributed by atoms with Crippen LogP contribution in [0.25, 0.3) is 0 Å². The predicted octanol–water partition coefficient (Wildman–Crippen LogP) is 1.53. The molecule has 0 saturated heterocycles. The first-order chi connectivity index (χ1) is 9.60. The van der Waals surface area contributed by atoms with Crippen LogP contribution in [0.2, 0.25) is 0 Å². The molecule has 5 heteroatoms. The molecule has 114 valence electrons. The Morgan fingerprint density at radius 2 is 1.85 bits per heavy atom. The zero-order valence-electron chi connectivity index (χ0n) is 12.1. The highest BCUT2D eigenvalue weighted by Crippen LogP contribution is 2.38. The Kier molecular flexibility index (Phi) is 5.40. The van der Waals surface area contributed by atoms with Crippen LogP contribution in [0, 0.1) is 11.3 Å². The van der Waals surface area contributed by atoms with Crippen molar-refractivity contribution in [2.24, 2.45) is 11.3 Å². The van der Waals surface area contributed by atoms with Crippen LogP contribution in [0.1, 0.15) is 51.4 Å². The van der Waals surface area contributed by atoms with Crippen LogP contribution < -0.4 is 10.6 Å². The minimum absolute atomic E-state index is 0.0130. The highest BCUT2D eigenvalue weighted by molar-refractivity contribution is 5.78. The van der Waals surface area contributed by atoms with E-state index in [2.05, 4.69) is 10.6 Å². The van der Waals surface area contributed by atoms with E-state index in [9.17, 15) is 9.59 Å². The Morgan fingerprint density at radius 1 is 1.15 bits per heavy atom. The molecule has 0 heterocycles. The summed E-state index contributed by atoms with van der Waals surface area (Å²) in [6, 6.07) is 0. The first-order valence-corrected chi connectivity index (χ1v) is 7.79. The summed E-state index contributed by atoms with van der Waals surface area (Å²) in [5.41, 5.74) is -0.226. The van der Waals surface area contributed by atoms with Crippen molar-refractivity contribution in [3.63, 3.8) is 0 Å². The third kappa shape index (κ3) is 5.12. The minimum Gasteiger partial charge on any atom is -0.481 e. The van der Waals surface area contributed by atoms with E-state index in [1.807, 2.05) is 0 Å². The Balaban J connectivity index is 1.72. The lowest BCUT2D eigenvalue weighted by Gasteiger charge is -2.36. The molecule has 0 bridgehead atoms. The summed E-state index contributed by atoms with van der Waals surface area (Å²) in [4.78, 5) is 22.8. The van der Waals surface area contributed by atoms with Gasteiger partial charge in [0, 0.05) is 6.54 Å². The summed E-state index contributed by atoms with van der Waals surface area (Å²) >= 11 is 0. The van der Waals surface area contributed by atoms with Gasteiger partial charge in [0.25, 0.3) is 0 Å². The molecule has 2 fully saturated rings. The van der Waals surface area contributed by atoms with Gasteiger partial charge in [0.2, 0.25) is 5.91 Å². The molecule has 20 heavy (non-hydrogen) atoms. The van der Waals surface area contributed by atoms with Crippen LogP contribution in [-0.2, 0) is 9.59 Å². The van der Waals surface area contributed by atoms with Crippen LogP contribution in [-0.4, -0.2) is 36.6 Å². The first kappa shape index (κ1) is 15.3. The maximum Gasteiger partial charge on any atom is 0.303 e. The van der Waals surface area contributed by atoms with Crippen LogP contribution in [0.5, 0.6) is 0 Å². The second-order valence-electron chi connectivity index (χ2n) is 6.48. The lowest BCUT2D eigenvalue weighted by Crippen LogP contribution is -2.43. The van der Waals surface area contributed by atoms with E-state index < -0.39 is 5.97 Å². The van der Waals surface area contributed by atoms with Gasteiger partial charge in [0.1, 0.15) is 0 Å². The number of nitrogens with one attached hydrogen (secondary N) is 2. The minimum atomic E-state index is -0.756. The standard InChI is InChI=1S/C15H26N2O3/c18-13(10-16-9-12-4-5-12)17-11-15(8-14(19)20)6-2-1-3-7-15/h12,16H,1-11H2,(H,17,18)(H,19,20). The van der Waals surface area contributed by atoms with Gasteiger partial charge >= 0.3 is 5.97 Å². The van der Waals surface area contributed by atoms with Crippen molar-refractivity contribution in [1.82, 2.24) is 10.6 Å². The Bertz CT molecular complexity index is 347. The number of carboxylic acids is 1. The molecule has 0 spiro atoms. The maximum atomic E-state index is 11.8. The SMILES string of the molecule is O=C(O)CC1(CNC(=O)CNCC2CC2)CCCCC1. The lowest BCUT2D eigenvalue weighted by atomic mass is 9.71. The Labute approximate surface area is 120 Å². The zero-order valence-corrected chi connectivity index (χ0v) is 12.1. The summed E-state index contributed by atoms with van der Waals surface area (Å²) in [5.74, 6) is -0.00603. The second-order valence-corrected chi connectivity index (χ2v) is 6.48. The molecule has 3 N–H and O–H groups in total. The number of amides is 1. The van der Waals surface area contributed by atoms with Crippen molar-refractivity contribution in [3.8, 4) is 0 Å². The normalized spacial score (nSPS) is 21.4. The predicted molar refractivity (Wildman–Crippen MR) is 76.4 cm³/mol. The fourth-order valence-electron chi connectivity index (χ4n) is 3.10. The van der Waals surface area contributed by atoms with Gasteiger partial charge in [-0.25, -0.2) is 0 Å². The monoisotopic (exact) mass is 282 g/mol. The summed E-state index contributed by atoms with van der Waals surface area (Å²) in [5, 5.41) is 15.2. The van der Waals surface area contributed by atoms with E-state index in [1.165, 1.54) is 19.3 Å². The molecule has 0 atom stereocenters. The molecule has 5 nitrogen and oxygen atoms in total. The van der Waals surface area contributed by atoms with Crippen LogP contribution in [0.15, 0.2) is 0 Å². The Hall–Kier alpha value is -1.10. The summed E-state index contributed by atoms with van der Waals surface area (Å²) in [6.07, 6.45) is 7.87. The molecule has 1 amide bonds. The van der Waals surface area contributed by atoms with E-state index in [0.29, 0.717) is 13.1 Å². The van der Waals surface area contributed by atoms with Gasteiger partial charge in [-0.15, -0.1) is 0 Å². The molecular formula is C15H26N2O3. The van der Waals surface area contributed by atoms with Crippen LogP contribution in [0.3, 0.4) is 0 Å². The van der Waals surface area contributed by atoms with Gasteiger partial charge < -0.3 is 15.7 Å². The van der Waals surface area contributed by atoms with E-state index in [-0.39, 0.29) is 17.7 Å². The van der Waals surface area contributed by atoms with Gasteiger partial charge in [-0.05, 0) is 43.6 Å². The van der Waals surface area contributed by atoms with Gasteiger partial charge in [-0.2, -0.15) is 0 Å². The summed E-state index contributed by atoms with van der Waals surface area (Å²) in [7, 11) is 0. The second kappa shape index (κ2) is 7.07. The highest BCUT2D eigenvalue weighted by atomic mass is 16.4. The fraction of sp³-hybridized carbons (Fsp3) is 0.867. The molecule has 0 aromatic heterocycles. The summed E-state index contributed by atoms with van der Waals surface area (Å²) < 4.78 is 0. The molecular weight excluding hydrogens is 256 g/mol. The molecule has 2 saturated carbocycles. The topological polar surface area (TPSA) is 78.4 Å². The average Bonchev–Trinajstić information content (AvgIpc) is 3.21. The third-order valence-corrected chi connectivity index (χ3v) is 4.52. The van der Waals surface area contributed by atoms with Gasteiger partial charge in [-0.1, -0.05) is 19.3 Å². The number of hydrogen-bond donors (Lipinski definition) is 3. The van der Waals surface area contributed by atoms with Crippen LogP contribution in [0.4, 0.5) is 0 Å². The molecule has 0 aromatic rings. The number of rotatable bonds is 8. The van der Waals surface area contributed by atoms with E-state index in [4.69, 9.17) is 5.11 Å². The molecule has 0 aliphatic heterocycles. The fourth-order valence-corrected chi connectivity index (χ4v) is 3.10. The van der Waals surface area contributed by atoms with Crippen molar-refractivity contribution < 1.29 is 14.7 Å². The number of carbonyl (C=O) groups is 2.